The van der Waals surface area contributed by atoms with Gasteiger partial charge in [-0.15, -0.1) is 0 Å². The molecule has 0 amide bonds. The number of benzene rings is 1. The van der Waals surface area contributed by atoms with Crippen molar-refractivity contribution in [1.82, 2.24) is 9.97 Å². The molecule has 2 aromatic rings. The fourth-order valence-corrected chi connectivity index (χ4v) is 4.04. The van der Waals surface area contributed by atoms with Crippen LogP contribution in [0.1, 0.15) is 17.7 Å². The molecule has 1 saturated heterocycles. The Bertz CT molecular complexity index is 860. The molecule has 0 aliphatic carbocycles. The molecule has 118 valence electrons. The minimum absolute atomic E-state index is 0.195. The summed E-state index contributed by atoms with van der Waals surface area (Å²) in [7, 11) is -3.19. The van der Waals surface area contributed by atoms with Crippen LogP contribution in [0.5, 0.6) is 0 Å². The van der Waals surface area contributed by atoms with Crippen molar-refractivity contribution in [3.8, 4) is 6.07 Å². The van der Waals surface area contributed by atoms with Gasteiger partial charge in [0.05, 0.1) is 11.4 Å². The zero-order valence-corrected chi connectivity index (χ0v) is 13.1. The molecule has 3 rings (SSSR count). The second kappa shape index (κ2) is 6.22. The van der Waals surface area contributed by atoms with Gasteiger partial charge in [0.2, 0.25) is 10.0 Å². The maximum atomic E-state index is 12.0. The Morgan fingerprint density at radius 3 is 2.87 bits per heavy atom. The Labute approximate surface area is 134 Å². The molecule has 0 radical (unpaired) electrons. The number of nitriles is 1. The van der Waals surface area contributed by atoms with Gasteiger partial charge in [0.25, 0.3) is 0 Å². The summed E-state index contributed by atoms with van der Waals surface area (Å²) in [6.07, 6.45) is 3.62. The van der Waals surface area contributed by atoms with Gasteiger partial charge in [-0.2, -0.15) is 5.26 Å². The van der Waals surface area contributed by atoms with Crippen molar-refractivity contribution in [1.29, 1.82) is 5.26 Å². The van der Waals surface area contributed by atoms with Gasteiger partial charge >= 0.3 is 0 Å². The van der Waals surface area contributed by atoms with Gasteiger partial charge in [0.1, 0.15) is 6.07 Å². The third kappa shape index (κ3) is 3.24. The number of hydrogen-bond acceptors (Lipinski definition) is 6. The van der Waals surface area contributed by atoms with Crippen LogP contribution in [0.15, 0.2) is 36.7 Å². The molecule has 0 unspecified atom stereocenters. The van der Waals surface area contributed by atoms with E-state index in [1.807, 2.05) is 24.3 Å². The van der Waals surface area contributed by atoms with Crippen LogP contribution in [0.2, 0.25) is 0 Å². The first kappa shape index (κ1) is 15.2. The SMILES string of the molecule is N#Cc1nccnc1NCc1cccc(N2CCCS2(=O)=O)c1. The summed E-state index contributed by atoms with van der Waals surface area (Å²) >= 11 is 0. The van der Waals surface area contributed by atoms with E-state index < -0.39 is 10.0 Å². The van der Waals surface area contributed by atoms with Crippen molar-refractivity contribution in [3.05, 3.63) is 47.9 Å². The molecule has 8 heteroatoms. The van der Waals surface area contributed by atoms with E-state index in [1.54, 1.807) is 6.07 Å². The van der Waals surface area contributed by atoms with Gasteiger partial charge < -0.3 is 5.32 Å². The molecule has 1 aromatic heterocycles. The predicted octanol–water partition coefficient (Wildman–Crippen LogP) is 1.50. The van der Waals surface area contributed by atoms with Crippen LogP contribution in [0.3, 0.4) is 0 Å². The monoisotopic (exact) mass is 329 g/mol. The van der Waals surface area contributed by atoms with Gasteiger partial charge in [-0.05, 0) is 24.1 Å². The lowest BCUT2D eigenvalue weighted by molar-refractivity contribution is 0.599. The van der Waals surface area contributed by atoms with Gasteiger partial charge in [-0.25, -0.2) is 18.4 Å². The Hall–Kier alpha value is -2.66. The summed E-state index contributed by atoms with van der Waals surface area (Å²) < 4.78 is 25.4. The highest BCUT2D eigenvalue weighted by Gasteiger charge is 2.28. The molecule has 1 aromatic carbocycles. The molecule has 0 atom stereocenters. The zero-order valence-electron chi connectivity index (χ0n) is 12.3. The average molecular weight is 329 g/mol. The van der Waals surface area contributed by atoms with E-state index in [1.165, 1.54) is 16.7 Å². The Morgan fingerprint density at radius 1 is 1.30 bits per heavy atom. The summed E-state index contributed by atoms with van der Waals surface area (Å²) in [5.74, 6) is 0.606. The summed E-state index contributed by atoms with van der Waals surface area (Å²) in [5.41, 5.74) is 1.80. The first-order valence-corrected chi connectivity index (χ1v) is 8.75. The number of hydrogen-bond donors (Lipinski definition) is 1. The second-order valence-corrected chi connectivity index (χ2v) is 7.14. The van der Waals surface area contributed by atoms with Crippen LogP contribution in [0, 0.1) is 11.3 Å². The lowest BCUT2D eigenvalue weighted by Crippen LogP contribution is -2.25. The summed E-state index contributed by atoms with van der Waals surface area (Å²) in [5, 5.41) is 12.0. The summed E-state index contributed by atoms with van der Waals surface area (Å²) in [4.78, 5) is 8.02. The van der Waals surface area contributed by atoms with Crippen LogP contribution in [0.4, 0.5) is 11.5 Å². The Morgan fingerprint density at radius 2 is 2.13 bits per heavy atom. The molecular formula is C15H15N5O2S. The lowest BCUT2D eigenvalue weighted by atomic mass is 10.2. The third-order valence-electron chi connectivity index (χ3n) is 3.56. The van der Waals surface area contributed by atoms with E-state index in [0.29, 0.717) is 31.0 Å². The van der Waals surface area contributed by atoms with Crippen LogP contribution >= 0.6 is 0 Å². The van der Waals surface area contributed by atoms with E-state index in [4.69, 9.17) is 5.26 Å². The van der Waals surface area contributed by atoms with E-state index in [2.05, 4.69) is 15.3 Å². The quantitative estimate of drug-likeness (QED) is 0.912. The van der Waals surface area contributed by atoms with E-state index in [9.17, 15) is 8.42 Å². The molecule has 7 nitrogen and oxygen atoms in total. The molecule has 0 spiro atoms. The lowest BCUT2D eigenvalue weighted by Gasteiger charge is -2.17. The summed E-state index contributed by atoms with van der Waals surface area (Å²) in [6.45, 7) is 0.942. The first-order chi connectivity index (χ1) is 11.1. The van der Waals surface area contributed by atoms with Crippen LogP contribution in [0.25, 0.3) is 0 Å². The van der Waals surface area contributed by atoms with Gasteiger partial charge in [-0.3, -0.25) is 4.31 Å². The fraction of sp³-hybridized carbons (Fsp3) is 0.267. The number of nitrogens with one attached hydrogen (secondary N) is 1. The van der Waals surface area contributed by atoms with Crippen LogP contribution in [-0.2, 0) is 16.6 Å². The third-order valence-corrected chi connectivity index (χ3v) is 5.43. The van der Waals surface area contributed by atoms with E-state index in [-0.39, 0.29) is 11.4 Å². The maximum absolute atomic E-state index is 12.0. The Kier molecular flexibility index (Phi) is 4.12. The predicted molar refractivity (Wildman–Crippen MR) is 86.3 cm³/mol. The number of sulfonamides is 1. The number of nitrogens with zero attached hydrogens (tertiary/aromatic N) is 4. The minimum atomic E-state index is -3.19. The minimum Gasteiger partial charge on any atom is -0.364 e. The van der Waals surface area contributed by atoms with Crippen molar-refractivity contribution in [2.24, 2.45) is 0 Å². The highest BCUT2D eigenvalue weighted by atomic mass is 32.2. The van der Waals surface area contributed by atoms with Crippen molar-refractivity contribution in [2.75, 3.05) is 21.9 Å². The molecule has 1 aliphatic heterocycles. The molecule has 1 N–H and O–H groups in total. The molecule has 1 fully saturated rings. The molecule has 0 saturated carbocycles. The van der Waals surface area contributed by atoms with E-state index >= 15 is 0 Å². The topological polar surface area (TPSA) is 99.0 Å². The summed E-state index contributed by atoms with van der Waals surface area (Å²) in [6, 6.07) is 9.31. The first-order valence-electron chi connectivity index (χ1n) is 7.14. The number of aromatic nitrogens is 2. The fourth-order valence-electron chi connectivity index (χ4n) is 2.49. The molecule has 0 bridgehead atoms. The normalized spacial score (nSPS) is 16.0. The standard InChI is InChI=1S/C15H15N5O2S/c16-10-14-15(18-6-5-17-14)19-11-12-3-1-4-13(9-12)20-7-2-8-23(20,21)22/h1,3-6,9H,2,7-8,11H2,(H,18,19). The maximum Gasteiger partial charge on any atom is 0.235 e. The van der Waals surface area contributed by atoms with Crippen LogP contribution < -0.4 is 9.62 Å². The van der Waals surface area contributed by atoms with Gasteiger partial charge in [0.15, 0.2) is 11.5 Å². The number of rotatable bonds is 4. The van der Waals surface area contributed by atoms with Gasteiger partial charge in [-0.1, -0.05) is 12.1 Å². The van der Waals surface area contributed by atoms with Crippen molar-refractivity contribution in [3.63, 3.8) is 0 Å². The average Bonchev–Trinajstić information content (AvgIpc) is 2.92. The van der Waals surface area contributed by atoms with Gasteiger partial charge in [0, 0.05) is 25.5 Å². The molecule has 2 heterocycles. The van der Waals surface area contributed by atoms with Crippen molar-refractivity contribution >= 4 is 21.5 Å². The molecular weight excluding hydrogens is 314 g/mol. The smallest absolute Gasteiger partial charge is 0.235 e. The highest BCUT2D eigenvalue weighted by Crippen LogP contribution is 2.25. The Balaban J connectivity index is 1.77. The van der Waals surface area contributed by atoms with E-state index in [0.717, 1.165) is 5.56 Å². The van der Waals surface area contributed by atoms with Crippen molar-refractivity contribution in [2.45, 2.75) is 13.0 Å². The zero-order chi connectivity index (χ0) is 16.3. The molecule has 23 heavy (non-hydrogen) atoms. The van der Waals surface area contributed by atoms with Crippen molar-refractivity contribution < 1.29 is 8.42 Å². The second-order valence-electron chi connectivity index (χ2n) is 5.13. The molecule has 1 aliphatic rings. The van der Waals surface area contributed by atoms with Crippen LogP contribution in [-0.4, -0.2) is 30.7 Å². The number of anilines is 2. The highest BCUT2D eigenvalue weighted by molar-refractivity contribution is 7.93. The largest absolute Gasteiger partial charge is 0.364 e.